The average molecular weight is 390 g/mol. The van der Waals surface area contributed by atoms with Gasteiger partial charge in [-0.2, -0.15) is 0 Å². The molecule has 0 saturated heterocycles. The lowest BCUT2D eigenvalue weighted by molar-refractivity contribution is -0.136. The maximum atomic E-state index is 12.4. The highest BCUT2D eigenvalue weighted by atomic mass is 32.2. The fraction of sp³-hybridized carbons (Fsp3) is 0.381. The molecule has 0 aliphatic carbocycles. The first-order valence-corrected chi connectivity index (χ1v) is 11.0. The Morgan fingerprint density at radius 1 is 1.00 bits per heavy atom. The molecule has 0 unspecified atom stereocenters. The van der Waals surface area contributed by atoms with Crippen molar-refractivity contribution in [1.82, 2.24) is 0 Å². The Labute approximate surface area is 161 Å². The Bertz CT molecular complexity index is 860. The van der Waals surface area contributed by atoms with Gasteiger partial charge in [0.15, 0.2) is 0 Å². The van der Waals surface area contributed by atoms with Crippen LogP contribution in [0.15, 0.2) is 48.5 Å². The van der Waals surface area contributed by atoms with Gasteiger partial charge < -0.3 is 5.11 Å². The van der Waals surface area contributed by atoms with E-state index < -0.39 is 16.0 Å². The minimum Gasteiger partial charge on any atom is -0.481 e. The first-order valence-electron chi connectivity index (χ1n) is 9.16. The molecule has 146 valence electrons. The van der Waals surface area contributed by atoms with Crippen molar-refractivity contribution in [3.8, 4) is 0 Å². The Balaban J connectivity index is 2.21. The third-order valence-electron chi connectivity index (χ3n) is 4.39. The van der Waals surface area contributed by atoms with Crippen LogP contribution in [0.2, 0.25) is 0 Å². The van der Waals surface area contributed by atoms with Crippen LogP contribution in [0, 0.1) is 0 Å². The van der Waals surface area contributed by atoms with E-state index in [1.165, 1.54) is 16.1 Å². The lowest BCUT2D eigenvalue weighted by atomic mass is 10.1. The number of anilines is 1. The molecule has 6 heteroatoms. The standard InChI is InChI=1S/C21H27NO4S/c1-3-4-6-17-9-11-19(12-10-17)16-22(27(2,25)26)20-8-5-7-18(15-20)13-14-21(23)24/h5,7-12,15H,3-4,6,13-14,16H2,1-2H3,(H,23,24). The summed E-state index contributed by atoms with van der Waals surface area (Å²) in [7, 11) is -3.47. The summed E-state index contributed by atoms with van der Waals surface area (Å²) in [6, 6.07) is 15.1. The smallest absolute Gasteiger partial charge is 0.303 e. The minimum atomic E-state index is -3.47. The van der Waals surface area contributed by atoms with Crippen molar-refractivity contribution >= 4 is 21.7 Å². The van der Waals surface area contributed by atoms with Crippen LogP contribution < -0.4 is 4.31 Å². The van der Waals surface area contributed by atoms with Gasteiger partial charge in [-0.05, 0) is 48.1 Å². The summed E-state index contributed by atoms with van der Waals surface area (Å²) in [6.45, 7) is 2.40. The maximum Gasteiger partial charge on any atom is 0.303 e. The topological polar surface area (TPSA) is 74.7 Å². The van der Waals surface area contributed by atoms with Gasteiger partial charge in [-0.1, -0.05) is 49.7 Å². The molecular weight excluding hydrogens is 362 g/mol. The molecule has 0 bridgehead atoms. The van der Waals surface area contributed by atoms with Crippen molar-refractivity contribution in [2.24, 2.45) is 0 Å². The predicted molar refractivity (Wildman–Crippen MR) is 108 cm³/mol. The van der Waals surface area contributed by atoms with Gasteiger partial charge in [0.1, 0.15) is 0 Å². The van der Waals surface area contributed by atoms with E-state index in [1.807, 2.05) is 18.2 Å². The first kappa shape index (κ1) is 21.0. The van der Waals surface area contributed by atoms with E-state index in [4.69, 9.17) is 5.11 Å². The molecule has 1 N–H and O–H groups in total. The van der Waals surface area contributed by atoms with Gasteiger partial charge >= 0.3 is 5.97 Å². The number of carbonyl (C=O) groups is 1. The van der Waals surface area contributed by atoms with Gasteiger partial charge in [-0.3, -0.25) is 9.10 Å². The molecule has 0 radical (unpaired) electrons. The van der Waals surface area contributed by atoms with Crippen molar-refractivity contribution in [2.75, 3.05) is 10.6 Å². The van der Waals surface area contributed by atoms with Crippen molar-refractivity contribution in [3.63, 3.8) is 0 Å². The quantitative estimate of drug-likeness (QED) is 0.666. The summed E-state index contributed by atoms with van der Waals surface area (Å²) in [4.78, 5) is 10.8. The van der Waals surface area contributed by atoms with Gasteiger partial charge in [0.05, 0.1) is 18.5 Å². The molecule has 5 nitrogen and oxygen atoms in total. The highest BCUT2D eigenvalue weighted by Crippen LogP contribution is 2.23. The van der Waals surface area contributed by atoms with E-state index >= 15 is 0 Å². The first-order chi connectivity index (χ1) is 12.8. The molecule has 0 fully saturated rings. The zero-order chi connectivity index (χ0) is 19.9. The largest absolute Gasteiger partial charge is 0.481 e. The fourth-order valence-corrected chi connectivity index (χ4v) is 3.76. The normalized spacial score (nSPS) is 11.3. The van der Waals surface area contributed by atoms with Crippen LogP contribution in [-0.2, 0) is 34.2 Å². The number of aliphatic carboxylic acids is 1. The molecular formula is C21H27NO4S. The molecule has 0 heterocycles. The van der Waals surface area contributed by atoms with Crippen molar-refractivity contribution < 1.29 is 18.3 Å². The third-order valence-corrected chi connectivity index (χ3v) is 5.54. The summed E-state index contributed by atoms with van der Waals surface area (Å²) in [5.41, 5.74) is 3.52. The van der Waals surface area contributed by atoms with Crippen LogP contribution >= 0.6 is 0 Å². The van der Waals surface area contributed by atoms with Crippen LogP contribution in [0.5, 0.6) is 0 Å². The highest BCUT2D eigenvalue weighted by molar-refractivity contribution is 7.92. The Kier molecular flexibility index (Phi) is 7.42. The van der Waals surface area contributed by atoms with Crippen molar-refractivity contribution in [1.29, 1.82) is 0 Å². The molecule has 2 rings (SSSR count). The molecule has 0 saturated carbocycles. The van der Waals surface area contributed by atoms with Gasteiger partial charge in [0.25, 0.3) is 0 Å². The van der Waals surface area contributed by atoms with Crippen LogP contribution in [-0.4, -0.2) is 25.7 Å². The summed E-state index contributed by atoms with van der Waals surface area (Å²) in [5, 5.41) is 8.85. The van der Waals surface area contributed by atoms with E-state index in [0.29, 0.717) is 12.1 Å². The summed E-state index contributed by atoms with van der Waals surface area (Å²) in [5.74, 6) is -0.872. The molecule has 0 atom stereocenters. The number of unbranched alkanes of at least 4 members (excludes halogenated alkanes) is 1. The number of hydrogen-bond donors (Lipinski definition) is 1. The van der Waals surface area contributed by atoms with E-state index in [2.05, 4.69) is 19.1 Å². The van der Waals surface area contributed by atoms with E-state index in [0.717, 1.165) is 30.4 Å². The Morgan fingerprint density at radius 3 is 2.26 bits per heavy atom. The van der Waals surface area contributed by atoms with Crippen LogP contribution in [0.25, 0.3) is 0 Å². The number of benzene rings is 2. The number of carboxylic acids is 1. The number of rotatable bonds is 10. The van der Waals surface area contributed by atoms with Crippen LogP contribution in [0.4, 0.5) is 5.69 Å². The predicted octanol–water partition coefficient (Wildman–Crippen LogP) is 4.01. The average Bonchev–Trinajstić information content (AvgIpc) is 2.63. The number of nitrogens with zero attached hydrogens (tertiary/aromatic N) is 1. The van der Waals surface area contributed by atoms with E-state index in [9.17, 15) is 13.2 Å². The van der Waals surface area contributed by atoms with Crippen molar-refractivity contribution in [2.45, 2.75) is 45.6 Å². The van der Waals surface area contributed by atoms with E-state index in [1.54, 1.807) is 18.2 Å². The monoisotopic (exact) mass is 389 g/mol. The molecule has 2 aromatic rings. The van der Waals surface area contributed by atoms with Gasteiger partial charge in [-0.15, -0.1) is 0 Å². The zero-order valence-corrected chi connectivity index (χ0v) is 16.7. The third kappa shape index (κ3) is 6.71. The molecule has 0 aromatic heterocycles. The highest BCUT2D eigenvalue weighted by Gasteiger charge is 2.18. The summed E-state index contributed by atoms with van der Waals surface area (Å²) in [6.07, 6.45) is 4.87. The maximum absolute atomic E-state index is 12.4. The second-order valence-electron chi connectivity index (χ2n) is 6.75. The molecule has 0 amide bonds. The molecule has 0 aliphatic heterocycles. The number of sulfonamides is 1. The molecule has 2 aromatic carbocycles. The summed E-state index contributed by atoms with van der Waals surface area (Å²) >= 11 is 0. The lowest BCUT2D eigenvalue weighted by Gasteiger charge is -2.23. The number of hydrogen-bond acceptors (Lipinski definition) is 3. The zero-order valence-electron chi connectivity index (χ0n) is 15.9. The van der Waals surface area contributed by atoms with E-state index in [-0.39, 0.29) is 13.0 Å². The fourth-order valence-electron chi connectivity index (χ4n) is 2.88. The Hall–Kier alpha value is -2.34. The number of carboxylic acid groups (broad SMARTS) is 1. The molecule has 0 spiro atoms. The van der Waals surface area contributed by atoms with Gasteiger partial charge in [0.2, 0.25) is 10.0 Å². The second-order valence-corrected chi connectivity index (χ2v) is 8.66. The minimum absolute atomic E-state index is 0.0154. The Morgan fingerprint density at radius 2 is 1.67 bits per heavy atom. The van der Waals surface area contributed by atoms with Gasteiger partial charge in [0, 0.05) is 6.42 Å². The molecule has 27 heavy (non-hydrogen) atoms. The van der Waals surface area contributed by atoms with Crippen molar-refractivity contribution in [3.05, 3.63) is 65.2 Å². The lowest BCUT2D eigenvalue weighted by Crippen LogP contribution is -2.29. The van der Waals surface area contributed by atoms with Gasteiger partial charge in [-0.25, -0.2) is 8.42 Å². The molecule has 0 aliphatic rings. The second kappa shape index (κ2) is 9.55. The number of aryl methyl sites for hydroxylation is 2. The van der Waals surface area contributed by atoms with Crippen LogP contribution in [0.1, 0.15) is 42.9 Å². The van der Waals surface area contributed by atoms with Crippen LogP contribution in [0.3, 0.4) is 0 Å². The summed E-state index contributed by atoms with van der Waals surface area (Å²) < 4.78 is 26.1. The SMILES string of the molecule is CCCCc1ccc(CN(c2cccc(CCC(=O)O)c2)S(C)(=O)=O)cc1.